The number of nitrogens with one attached hydrogen (secondary N) is 1. The van der Waals surface area contributed by atoms with Gasteiger partial charge in [-0.1, -0.05) is 12.1 Å². The predicted molar refractivity (Wildman–Crippen MR) is 77.1 cm³/mol. The third-order valence-corrected chi connectivity index (χ3v) is 3.24. The van der Waals surface area contributed by atoms with E-state index in [-0.39, 0.29) is 12.6 Å². The molecule has 0 aliphatic carbocycles. The molecule has 4 nitrogen and oxygen atoms in total. The number of hydrogen-bond donors (Lipinski definition) is 2. The summed E-state index contributed by atoms with van der Waals surface area (Å²) in [6.07, 6.45) is 3.53. The fourth-order valence-corrected chi connectivity index (χ4v) is 2.23. The molecule has 1 unspecified atom stereocenters. The Hall–Kier alpha value is -1.81. The smallest absolute Gasteiger partial charge is 0.0653 e. The fourth-order valence-electron chi connectivity index (χ4n) is 2.23. The lowest BCUT2D eigenvalue weighted by Crippen LogP contribution is -2.11. The molecular weight excluding hydrogens is 238 g/mol. The maximum Gasteiger partial charge on any atom is 0.0653 e. The van der Waals surface area contributed by atoms with Gasteiger partial charge in [-0.3, -0.25) is 4.68 Å². The van der Waals surface area contributed by atoms with Gasteiger partial charge in [-0.2, -0.15) is 5.10 Å². The molecule has 2 N–H and O–H groups in total. The van der Waals surface area contributed by atoms with Gasteiger partial charge in [-0.25, -0.2) is 0 Å². The first-order valence-electron chi connectivity index (χ1n) is 6.65. The molecule has 0 amide bonds. The Balaban J connectivity index is 2.04. The summed E-state index contributed by atoms with van der Waals surface area (Å²) in [6.45, 7) is 2.36. The molecule has 0 aliphatic heterocycles. The molecule has 0 saturated carbocycles. The highest BCUT2D eigenvalue weighted by Crippen LogP contribution is 2.19. The normalized spacial score (nSPS) is 12.4. The number of nitrogens with zero attached hydrogens (tertiary/aromatic N) is 2. The highest BCUT2D eigenvalue weighted by molar-refractivity contribution is 5.47. The van der Waals surface area contributed by atoms with E-state index in [1.54, 1.807) is 0 Å². The van der Waals surface area contributed by atoms with E-state index in [4.69, 9.17) is 5.11 Å². The third kappa shape index (κ3) is 3.58. The van der Waals surface area contributed by atoms with Crippen LogP contribution >= 0.6 is 0 Å². The number of aliphatic hydroxyl groups is 1. The lowest BCUT2D eigenvalue weighted by atomic mass is 10.1. The minimum absolute atomic E-state index is 0.209. The monoisotopic (exact) mass is 259 g/mol. The molecule has 1 aromatic carbocycles. The third-order valence-electron chi connectivity index (χ3n) is 3.24. The molecule has 0 radical (unpaired) electrons. The van der Waals surface area contributed by atoms with Gasteiger partial charge in [0.05, 0.1) is 11.7 Å². The van der Waals surface area contributed by atoms with E-state index in [2.05, 4.69) is 35.5 Å². The van der Waals surface area contributed by atoms with Gasteiger partial charge in [0.1, 0.15) is 0 Å². The van der Waals surface area contributed by atoms with Crippen molar-refractivity contribution in [2.75, 3.05) is 11.9 Å². The Morgan fingerprint density at radius 2 is 2.21 bits per heavy atom. The van der Waals surface area contributed by atoms with Crippen LogP contribution in [0.15, 0.2) is 36.5 Å². The highest BCUT2D eigenvalue weighted by atomic mass is 16.2. The lowest BCUT2D eigenvalue weighted by Gasteiger charge is -2.16. The molecule has 19 heavy (non-hydrogen) atoms. The number of aromatic nitrogens is 2. The number of benzene rings is 1. The molecular formula is C15H21N3O. The van der Waals surface area contributed by atoms with Crippen LogP contribution in [0.5, 0.6) is 0 Å². The molecule has 4 heteroatoms. The summed E-state index contributed by atoms with van der Waals surface area (Å²) in [5.74, 6) is 0. The largest absolute Gasteiger partial charge is 0.396 e. The number of rotatable bonds is 6. The van der Waals surface area contributed by atoms with E-state index in [0.717, 1.165) is 24.2 Å². The fraction of sp³-hybridized carbons (Fsp3) is 0.400. The minimum atomic E-state index is 0.209. The van der Waals surface area contributed by atoms with Crippen molar-refractivity contribution in [3.8, 4) is 0 Å². The zero-order valence-corrected chi connectivity index (χ0v) is 11.5. The van der Waals surface area contributed by atoms with Crippen LogP contribution in [-0.2, 0) is 13.5 Å². The first-order chi connectivity index (χ1) is 9.20. The standard InChI is InChI=1S/C15H21N3O/c1-12(15-8-9-16-18(15)2)17-14-7-3-5-13(11-14)6-4-10-19/h3,5,7-9,11-12,17,19H,4,6,10H2,1-2H3. The first-order valence-corrected chi connectivity index (χ1v) is 6.65. The summed E-state index contributed by atoms with van der Waals surface area (Å²) in [6, 6.07) is 10.6. The Kier molecular flexibility index (Phi) is 4.58. The summed E-state index contributed by atoms with van der Waals surface area (Å²) >= 11 is 0. The second-order valence-electron chi connectivity index (χ2n) is 4.77. The van der Waals surface area contributed by atoms with Gasteiger partial charge in [0.2, 0.25) is 0 Å². The Bertz CT molecular complexity index is 522. The zero-order valence-electron chi connectivity index (χ0n) is 11.5. The molecule has 0 bridgehead atoms. The Labute approximate surface area is 114 Å². The van der Waals surface area contributed by atoms with Crippen LogP contribution in [0.2, 0.25) is 0 Å². The van der Waals surface area contributed by atoms with Crippen LogP contribution in [-0.4, -0.2) is 21.5 Å². The van der Waals surface area contributed by atoms with E-state index < -0.39 is 0 Å². The SMILES string of the molecule is CC(Nc1cccc(CCCO)c1)c1ccnn1C. The molecule has 1 atom stereocenters. The number of hydrogen-bond acceptors (Lipinski definition) is 3. The zero-order chi connectivity index (χ0) is 13.7. The molecule has 2 rings (SSSR count). The van der Waals surface area contributed by atoms with E-state index in [0.29, 0.717) is 0 Å². The number of aliphatic hydroxyl groups excluding tert-OH is 1. The maximum absolute atomic E-state index is 8.87. The molecule has 0 aliphatic rings. The van der Waals surface area contributed by atoms with Gasteiger partial charge in [0.15, 0.2) is 0 Å². The van der Waals surface area contributed by atoms with Gasteiger partial charge in [0, 0.05) is 25.5 Å². The Morgan fingerprint density at radius 1 is 1.37 bits per heavy atom. The van der Waals surface area contributed by atoms with Crippen molar-refractivity contribution in [3.05, 3.63) is 47.8 Å². The topological polar surface area (TPSA) is 50.1 Å². The molecule has 2 aromatic rings. The molecule has 102 valence electrons. The highest BCUT2D eigenvalue weighted by Gasteiger charge is 2.09. The average Bonchev–Trinajstić information content (AvgIpc) is 2.83. The van der Waals surface area contributed by atoms with Gasteiger partial charge < -0.3 is 10.4 Å². The lowest BCUT2D eigenvalue weighted by molar-refractivity contribution is 0.288. The predicted octanol–water partition coefficient (Wildman–Crippen LogP) is 2.52. The van der Waals surface area contributed by atoms with Crippen molar-refractivity contribution in [2.24, 2.45) is 7.05 Å². The summed E-state index contributed by atoms with van der Waals surface area (Å²) in [5, 5.41) is 16.5. The second-order valence-corrected chi connectivity index (χ2v) is 4.77. The van der Waals surface area contributed by atoms with Crippen molar-refractivity contribution >= 4 is 5.69 Å². The van der Waals surface area contributed by atoms with Crippen molar-refractivity contribution < 1.29 is 5.11 Å². The van der Waals surface area contributed by atoms with E-state index in [9.17, 15) is 0 Å². The minimum Gasteiger partial charge on any atom is -0.396 e. The average molecular weight is 259 g/mol. The van der Waals surface area contributed by atoms with Crippen LogP contribution in [0.25, 0.3) is 0 Å². The number of aryl methyl sites for hydroxylation is 2. The summed E-state index contributed by atoms with van der Waals surface area (Å²) in [4.78, 5) is 0. The van der Waals surface area contributed by atoms with Crippen LogP contribution in [0, 0.1) is 0 Å². The van der Waals surface area contributed by atoms with Crippen LogP contribution in [0.4, 0.5) is 5.69 Å². The van der Waals surface area contributed by atoms with Gasteiger partial charge in [-0.05, 0) is 43.5 Å². The quantitative estimate of drug-likeness (QED) is 0.838. The first kappa shape index (κ1) is 13.6. The van der Waals surface area contributed by atoms with Gasteiger partial charge >= 0.3 is 0 Å². The number of anilines is 1. The molecule has 0 fully saturated rings. The second kappa shape index (κ2) is 6.38. The van der Waals surface area contributed by atoms with Gasteiger partial charge in [-0.15, -0.1) is 0 Å². The van der Waals surface area contributed by atoms with Crippen molar-refractivity contribution in [3.63, 3.8) is 0 Å². The molecule has 0 saturated heterocycles. The van der Waals surface area contributed by atoms with Crippen LogP contribution < -0.4 is 5.32 Å². The van der Waals surface area contributed by atoms with Crippen LogP contribution in [0.3, 0.4) is 0 Å². The maximum atomic E-state index is 8.87. The van der Waals surface area contributed by atoms with Crippen molar-refractivity contribution in [2.45, 2.75) is 25.8 Å². The summed E-state index contributed by atoms with van der Waals surface area (Å²) < 4.78 is 1.88. The van der Waals surface area contributed by atoms with E-state index >= 15 is 0 Å². The van der Waals surface area contributed by atoms with Crippen LogP contribution in [0.1, 0.15) is 30.6 Å². The molecule has 1 aromatic heterocycles. The Morgan fingerprint density at radius 3 is 2.89 bits per heavy atom. The van der Waals surface area contributed by atoms with Gasteiger partial charge in [0.25, 0.3) is 0 Å². The summed E-state index contributed by atoms with van der Waals surface area (Å²) in [5.41, 5.74) is 3.50. The molecule has 0 spiro atoms. The van der Waals surface area contributed by atoms with Crippen molar-refractivity contribution in [1.82, 2.24) is 9.78 Å². The van der Waals surface area contributed by atoms with E-state index in [1.165, 1.54) is 5.56 Å². The molecule has 1 heterocycles. The van der Waals surface area contributed by atoms with E-state index in [1.807, 2.05) is 30.1 Å². The summed E-state index contributed by atoms with van der Waals surface area (Å²) in [7, 11) is 1.95. The van der Waals surface area contributed by atoms with Crippen molar-refractivity contribution in [1.29, 1.82) is 0 Å².